The van der Waals surface area contributed by atoms with Crippen molar-refractivity contribution in [2.24, 2.45) is 0 Å². The monoisotopic (exact) mass is 580 g/mol. The second-order valence-electron chi connectivity index (χ2n) is 9.78. The van der Waals surface area contributed by atoms with Gasteiger partial charge in [0.1, 0.15) is 0 Å². The van der Waals surface area contributed by atoms with Crippen LogP contribution in [0.5, 0.6) is 0 Å². The van der Waals surface area contributed by atoms with Gasteiger partial charge in [-0.15, -0.1) is 81.2 Å². The first-order valence-corrected chi connectivity index (χ1v) is 15.9. The smallest absolute Gasteiger partial charge is 0.343 e. The van der Waals surface area contributed by atoms with Gasteiger partial charge in [0.15, 0.2) is 0 Å². The zero-order valence-electron chi connectivity index (χ0n) is 23.4. The van der Waals surface area contributed by atoms with Gasteiger partial charge in [-0.1, -0.05) is 94.7 Å². The Morgan fingerprint density at radius 3 is 1.35 bits per heavy atom. The van der Waals surface area contributed by atoms with Crippen LogP contribution in [-0.4, -0.2) is 8.07 Å². The largest absolute Gasteiger partial charge is 4.00 e. The molecule has 5 aromatic carbocycles. The molecule has 0 atom stereocenters. The fourth-order valence-corrected chi connectivity index (χ4v) is 10.2. The fraction of sp³-hybridized carbons (Fsp3) is 0.257. The van der Waals surface area contributed by atoms with E-state index in [0.717, 1.165) is 12.8 Å². The van der Waals surface area contributed by atoms with Gasteiger partial charge in [0.25, 0.3) is 0 Å². The Labute approximate surface area is 246 Å². The van der Waals surface area contributed by atoms with Gasteiger partial charge >= 0.3 is 26.2 Å². The summed E-state index contributed by atoms with van der Waals surface area (Å²) in [5.74, 6) is 0. The molecule has 0 aliphatic carbocycles. The molecule has 2 heteroatoms. The van der Waals surface area contributed by atoms with Crippen LogP contribution in [0.25, 0.3) is 21.5 Å². The number of benzene rings is 3. The van der Waals surface area contributed by atoms with E-state index in [9.17, 15) is 0 Å². The van der Waals surface area contributed by atoms with E-state index in [1.165, 1.54) is 50.7 Å². The van der Waals surface area contributed by atoms with Crippen LogP contribution in [0.3, 0.4) is 0 Å². The van der Waals surface area contributed by atoms with Crippen LogP contribution in [0.1, 0.15) is 50.7 Å². The van der Waals surface area contributed by atoms with E-state index in [1.807, 2.05) is 0 Å². The van der Waals surface area contributed by atoms with E-state index in [-0.39, 0.29) is 26.2 Å². The zero-order chi connectivity index (χ0) is 26.1. The summed E-state index contributed by atoms with van der Waals surface area (Å²) in [4.78, 5) is 0. The van der Waals surface area contributed by atoms with Gasteiger partial charge < -0.3 is 13.8 Å². The number of unbranched alkanes of at least 4 members (excludes halogenated alkanes) is 2. The maximum atomic E-state index is 3.60. The Kier molecular flexibility index (Phi) is 12.5. The maximum Gasteiger partial charge on any atom is 4.00 e. The number of hydrogen-bond acceptors (Lipinski definition) is 0. The van der Waals surface area contributed by atoms with Crippen molar-refractivity contribution >= 4 is 45.2 Å². The quantitative estimate of drug-likeness (QED) is 0.144. The van der Waals surface area contributed by atoms with Gasteiger partial charge in [0, 0.05) is 8.07 Å². The van der Waals surface area contributed by atoms with E-state index in [4.69, 9.17) is 0 Å². The van der Waals surface area contributed by atoms with Gasteiger partial charge in [-0.3, -0.25) is 0 Å². The van der Waals surface area contributed by atoms with Crippen molar-refractivity contribution in [3.8, 4) is 0 Å². The van der Waals surface area contributed by atoms with Crippen LogP contribution < -0.4 is 15.6 Å². The number of fused-ring (bicyclic) bond motifs is 2. The first kappa shape index (κ1) is 31.2. The van der Waals surface area contributed by atoms with Crippen LogP contribution in [-0.2, 0) is 26.2 Å². The maximum absolute atomic E-state index is 3.60. The summed E-state index contributed by atoms with van der Waals surface area (Å²) in [6.45, 7) is 18.6. The molecule has 0 saturated carbocycles. The molecule has 0 unspecified atom stereocenters. The Hall–Kier alpha value is -2.02. The minimum atomic E-state index is -2.19. The minimum absolute atomic E-state index is 0. The van der Waals surface area contributed by atoms with E-state index < -0.39 is 8.07 Å². The molecular formula is C35H42SiZr. The minimum Gasteiger partial charge on any atom is -0.343 e. The standard InChI is InChI=1S/C27H24Si.2C4H9.Zr/c1-19-17-21-11-7-9-15-24(21)26(19)28(3,23-13-5-4-6-14-23)27-20(2)18-22-12-8-10-16-25(22)27;2*1-3-4-2;/h4-18H,1-3H3;2*1,3-4H2,2H3;/q-2;2*-1;+4. The van der Waals surface area contributed by atoms with Crippen LogP contribution in [0.2, 0.25) is 6.55 Å². The van der Waals surface area contributed by atoms with Crippen LogP contribution in [0.4, 0.5) is 0 Å². The molecule has 190 valence electrons. The van der Waals surface area contributed by atoms with Gasteiger partial charge in [0.05, 0.1) is 0 Å². The molecule has 0 N–H and O–H groups in total. The molecule has 0 heterocycles. The van der Waals surface area contributed by atoms with Crippen LogP contribution in [0.15, 0.2) is 91.0 Å². The third kappa shape index (κ3) is 6.71. The average molecular weight is 582 g/mol. The third-order valence-corrected chi connectivity index (χ3v) is 11.9. The normalized spacial score (nSPS) is 10.8. The van der Waals surface area contributed by atoms with Crippen molar-refractivity contribution in [1.82, 2.24) is 0 Å². The van der Waals surface area contributed by atoms with Crippen LogP contribution in [0, 0.1) is 27.7 Å². The van der Waals surface area contributed by atoms with E-state index in [0.29, 0.717) is 0 Å². The van der Waals surface area contributed by atoms with Crippen LogP contribution >= 0.6 is 0 Å². The zero-order valence-corrected chi connectivity index (χ0v) is 26.9. The number of hydrogen-bond donors (Lipinski definition) is 0. The van der Waals surface area contributed by atoms with E-state index in [2.05, 4.69) is 139 Å². The molecule has 0 nitrogen and oxygen atoms in total. The number of rotatable bonds is 5. The second kappa shape index (κ2) is 14.8. The van der Waals surface area contributed by atoms with Gasteiger partial charge in [0.2, 0.25) is 0 Å². The van der Waals surface area contributed by atoms with Crippen molar-refractivity contribution in [3.63, 3.8) is 0 Å². The summed E-state index contributed by atoms with van der Waals surface area (Å²) in [5, 5.41) is 10.2. The van der Waals surface area contributed by atoms with Gasteiger partial charge in [-0.05, 0) is 0 Å². The second-order valence-corrected chi connectivity index (χ2v) is 13.6. The first-order chi connectivity index (χ1) is 17.4. The number of aryl methyl sites for hydroxylation is 2. The molecule has 5 rings (SSSR count). The molecule has 0 aliphatic rings. The molecule has 0 radical (unpaired) electrons. The predicted molar refractivity (Wildman–Crippen MR) is 166 cm³/mol. The molecule has 37 heavy (non-hydrogen) atoms. The van der Waals surface area contributed by atoms with Crippen molar-refractivity contribution in [2.75, 3.05) is 0 Å². The molecule has 0 spiro atoms. The molecule has 0 bridgehead atoms. The van der Waals surface area contributed by atoms with E-state index >= 15 is 0 Å². The van der Waals surface area contributed by atoms with Crippen molar-refractivity contribution in [3.05, 3.63) is 116 Å². The molecule has 5 aromatic rings. The van der Waals surface area contributed by atoms with Gasteiger partial charge in [-0.25, -0.2) is 0 Å². The summed E-state index contributed by atoms with van der Waals surface area (Å²) in [6, 6.07) is 33.7. The summed E-state index contributed by atoms with van der Waals surface area (Å²) in [5.41, 5.74) is 2.84. The topological polar surface area (TPSA) is 0 Å². The summed E-state index contributed by atoms with van der Waals surface area (Å²) < 4.78 is 0. The molecule has 0 saturated heterocycles. The third-order valence-electron chi connectivity index (χ3n) is 7.05. The Morgan fingerprint density at radius 1 is 0.622 bits per heavy atom. The summed E-state index contributed by atoms with van der Waals surface area (Å²) in [7, 11) is -2.19. The Morgan fingerprint density at radius 2 is 0.973 bits per heavy atom. The van der Waals surface area contributed by atoms with Gasteiger partial charge in [-0.2, -0.15) is 23.2 Å². The Bertz CT molecular complexity index is 1270. The van der Waals surface area contributed by atoms with Crippen molar-refractivity contribution in [1.29, 1.82) is 0 Å². The van der Waals surface area contributed by atoms with E-state index in [1.54, 1.807) is 10.4 Å². The van der Waals surface area contributed by atoms with Crippen molar-refractivity contribution < 1.29 is 26.2 Å². The predicted octanol–water partition coefficient (Wildman–Crippen LogP) is 8.39. The molecule has 0 amide bonds. The molecule has 0 aromatic heterocycles. The molecule has 0 fully saturated rings. The average Bonchev–Trinajstić information content (AvgIpc) is 3.44. The summed E-state index contributed by atoms with van der Waals surface area (Å²) in [6.07, 6.45) is 4.56. The molecule has 0 aliphatic heterocycles. The first-order valence-electron chi connectivity index (χ1n) is 13.4. The van der Waals surface area contributed by atoms with Crippen molar-refractivity contribution in [2.45, 2.75) is 59.9 Å². The Balaban J connectivity index is 0.000000473. The molecular weight excluding hydrogens is 540 g/mol. The summed E-state index contributed by atoms with van der Waals surface area (Å²) >= 11 is 0. The fourth-order valence-electron chi connectivity index (χ4n) is 5.25. The SMILES string of the molecule is Cc1[cH-]c2ccccc2c1[Si](C)(c1ccccc1)c1c(C)[cH-]c2ccccc12.[CH2-]CCC.[CH2-]CCC.[Zr+4].